The molecule has 1 aliphatic rings. The maximum Gasteiger partial charge on any atom is 0.347 e. The second-order valence-electron chi connectivity index (χ2n) is 4.65. The summed E-state index contributed by atoms with van der Waals surface area (Å²) in [4.78, 5) is 31.7. The molecule has 108 valence electrons. The lowest BCUT2D eigenvalue weighted by molar-refractivity contribution is -0.133. The molecule has 1 saturated heterocycles. The molecular weight excluding hydrogens is 279 g/mol. The van der Waals surface area contributed by atoms with E-state index in [1.165, 1.54) is 4.90 Å². The van der Waals surface area contributed by atoms with E-state index >= 15 is 0 Å². The number of hydrogen-bond acceptors (Lipinski definition) is 3. The fourth-order valence-corrected chi connectivity index (χ4v) is 3.16. The van der Waals surface area contributed by atoms with Crippen molar-refractivity contribution in [3.8, 4) is 0 Å². The summed E-state index contributed by atoms with van der Waals surface area (Å²) in [7, 11) is -4.25. The summed E-state index contributed by atoms with van der Waals surface area (Å²) in [6.07, 6.45) is 1.74. The van der Waals surface area contributed by atoms with E-state index in [4.69, 9.17) is 5.73 Å². The summed E-state index contributed by atoms with van der Waals surface area (Å²) in [6.45, 7) is 4.19. The van der Waals surface area contributed by atoms with Crippen molar-refractivity contribution < 1.29 is 19.1 Å². The number of rotatable bonds is 4. The largest absolute Gasteiger partial charge is 0.347 e. The number of carbonyl (C=O) groups excluding carboxylic acids is 1. The van der Waals surface area contributed by atoms with E-state index in [-0.39, 0.29) is 24.2 Å². The van der Waals surface area contributed by atoms with Crippen LogP contribution in [-0.4, -0.2) is 39.0 Å². The summed E-state index contributed by atoms with van der Waals surface area (Å²) in [5.74, 6) is -1.31. The Labute approximate surface area is 113 Å². The number of carbonyl (C=O) groups is 1. The molecule has 6 nitrogen and oxygen atoms in total. The van der Waals surface area contributed by atoms with Gasteiger partial charge in [0.25, 0.3) is 0 Å². The van der Waals surface area contributed by atoms with Crippen LogP contribution in [0.2, 0.25) is 0 Å². The van der Waals surface area contributed by atoms with Crippen LogP contribution in [0.3, 0.4) is 0 Å². The first-order chi connectivity index (χ1) is 7.79. The molecule has 0 spiro atoms. The van der Waals surface area contributed by atoms with Crippen LogP contribution in [0.4, 0.5) is 0 Å². The standard InChI is InChI=1S/C10H21N2O4P.ClH/c1-3-7(2)9(11)10(13)12-6-4-5-8(12)17(14,15)16;/h7-9H,3-6,11H2,1-2H3,(H2,14,15,16);1H/t7-,8+,9-;/m0./s1. The maximum absolute atomic E-state index is 12.1. The third kappa shape index (κ3) is 3.93. The van der Waals surface area contributed by atoms with Gasteiger partial charge in [0.2, 0.25) is 5.91 Å². The van der Waals surface area contributed by atoms with Crippen LogP contribution >= 0.6 is 20.0 Å². The Balaban J connectivity index is 0.00000289. The van der Waals surface area contributed by atoms with E-state index < -0.39 is 19.4 Å². The first-order valence-corrected chi connectivity index (χ1v) is 7.58. The van der Waals surface area contributed by atoms with Crippen LogP contribution < -0.4 is 5.73 Å². The van der Waals surface area contributed by atoms with E-state index in [1.807, 2.05) is 13.8 Å². The molecule has 0 bridgehead atoms. The molecule has 0 aromatic heterocycles. The van der Waals surface area contributed by atoms with Crippen molar-refractivity contribution >= 4 is 25.9 Å². The lowest BCUT2D eigenvalue weighted by atomic mass is 9.99. The zero-order valence-corrected chi connectivity index (χ0v) is 12.4. The van der Waals surface area contributed by atoms with Gasteiger partial charge in [-0.25, -0.2) is 0 Å². The molecule has 0 radical (unpaired) electrons. The highest BCUT2D eigenvalue weighted by molar-refractivity contribution is 7.52. The van der Waals surface area contributed by atoms with Crippen molar-refractivity contribution in [3.63, 3.8) is 0 Å². The molecule has 8 heteroatoms. The van der Waals surface area contributed by atoms with Gasteiger partial charge in [-0.1, -0.05) is 20.3 Å². The molecule has 1 rings (SSSR count). The van der Waals surface area contributed by atoms with Gasteiger partial charge in [0.15, 0.2) is 0 Å². The topological polar surface area (TPSA) is 104 Å². The quantitative estimate of drug-likeness (QED) is 0.669. The van der Waals surface area contributed by atoms with Crippen LogP contribution in [0.25, 0.3) is 0 Å². The van der Waals surface area contributed by atoms with Crippen molar-refractivity contribution in [1.82, 2.24) is 4.90 Å². The van der Waals surface area contributed by atoms with Crippen LogP contribution in [0.15, 0.2) is 0 Å². The van der Waals surface area contributed by atoms with E-state index in [0.717, 1.165) is 6.42 Å². The molecule has 0 aliphatic carbocycles. The molecule has 0 saturated carbocycles. The average Bonchev–Trinajstić information content (AvgIpc) is 2.74. The van der Waals surface area contributed by atoms with Crippen molar-refractivity contribution in [2.24, 2.45) is 11.7 Å². The van der Waals surface area contributed by atoms with E-state index in [0.29, 0.717) is 19.4 Å². The van der Waals surface area contributed by atoms with Crippen molar-refractivity contribution in [1.29, 1.82) is 0 Å². The average molecular weight is 301 g/mol. The Kier molecular flexibility index (Phi) is 6.82. The summed E-state index contributed by atoms with van der Waals surface area (Å²) in [5, 5.41) is 0. The van der Waals surface area contributed by atoms with E-state index in [1.54, 1.807) is 0 Å². The monoisotopic (exact) mass is 300 g/mol. The normalized spacial score (nSPS) is 23.4. The highest BCUT2D eigenvalue weighted by Crippen LogP contribution is 2.48. The van der Waals surface area contributed by atoms with Crippen LogP contribution in [0.5, 0.6) is 0 Å². The van der Waals surface area contributed by atoms with Crippen LogP contribution in [0, 0.1) is 5.92 Å². The number of hydrogen-bond donors (Lipinski definition) is 3. The predicted molar refractivity (Wildman–Crippen MR) is 71.5 cm³/mol. The fourth-order valence-electron chi connectivity index (χ4n) is 2.04. The lowest BCUT2D eigenvalue weighted by Crippen LogP contribution is -2.48. The van der Waals surface area contributed by atoms with Gasteiger partial charge < -0.3 is 20.4 Å². The Hall–Kier alpha value is -0.130. The Morgan fingerprint density at radius 1 is 1.56 bits per heavy atom. The second-order valence-corrected chi connectivity index (χ2v) is 6.43. The SMILES string of the molecule is CC[C@H](C)[C@H](N)C(=O)N1CCC[C@H]1P(=O)(O)O.Cl. The minimum absolute atomic E-state index is 0. The molecule has 0 aromatic carbocycles. The molecule has 1 aliphatic heterocycles. The van der Waals surface area contributed by atoms with Gasteiger partial charge >= 0.3 is 7.60 Å². The Morgan fingerprint density at radius 2 is 2.11 bits per heavy atom. The van der Waals surface area contributed by atoms with Crippen molar-refractivity contribution in [3.05, 3.63) is 0 Å². The smallest absolute Gasteiger partial charge is 0.327 e. The van der Waals surface area contributed by atoms with E-state index in [9.17, 15) is 19.1 Å². The summed E-state index contributed by atoms with van der Waals surface area (Å²) in [6, 6.07) is -0.674. The van der Waals surface area contributed by atoms with Crippen molar-refractivity contribution in [2.75, 3.05) is 6.54 Å². The Bertz CT molecular complexity index is 336. The molecule has 1 fully saturated rings. The minimum atomic E-state index is -4.25. The number of nitrogens with two attached hydrogens (primary N) is 1. The summed E-state index contributed by atoms with van der Waals surface area (Å²) < 4.78 is 11.3. The molecule has 0 unspecified atom stereocenters. The zero-order valence-electron chi connectivity index (χ0n) is 10.7. The highest BCUT2D eigenvalue weighted by Gasteiger charge is 2.42. The molecule has 18 heavy (non-hydrogen) atoms. The summed E-state index contributed by atoms with van der Waals surface area (Å²) in [5.41, 5.74) is 5.81. The predicted octanol–water partition coefficient (Wildman–Crippen LogP) is 0.908. The number of likely N-dealkylation sites (tertiary alicyclic amines) is 1. The number of halogens is 1. The van der Waals surface area contributed by atoms with Gasteiger partial charge in [0, 0.05) is 6.54 Å². The van der Waals surface area contributed by atoms with Gasteiger partial charge in [-0.2, -0.15) is 0 Å². The number of amides is 1. The lowest BCUT2D eigenvalue weighted by Gasteiger charge is -2.29. The number of nitrogens with zero attached hydrogens (tertiary/aromatic N) is 1. The molecule has 4 N–H and O–H groups in total. The molecule has 1 heterocycles. The third-order valence-corrected chi connectivity index (χ3v) is 4.75. The second kappa shape index (κ2) is 6.87. The zero-order chi connectivity index (χ0) is 13.2. The third-order valence-electron chi connectivity index (χ3n) is 3.43. The van der Waals surface area contributed by atoms with Crippen molar-refractivity contribution in [2.45, 2.75) is 44.9 Å². The van der Waals surface area contributed by atoms with Gasteiger partial charge in [-0.3, -0.25) is 9.36 Å². The van der Waals surface area contributed by atoms with Gasteiger partial charge in [-0.05, 0) is 18.8 Å². The van der Waals surface area contributed by atoms with Crippen LogP contribution in [0.1, 0.15) is 33.1 Å². The summed E-state index contributed by atoms with van der Waals surface area (Å²) >= 11 is 0. The van der Waals surface area contributed by atoms with Gasteiger partial charge in [-0.15, -0.1) is 12.4 Å². The molecule has 0 aromatic rings. The van der Waals surface area contributed by atoms with E-state index in [2.05, 4.69) is 0 Å². The highest BCUT2D eigenvalue weighted by atomic mass is 35.5. The molecule has 3 atom stereocenters. The maximum atomic E-state index is 12.1. The first-order valence-electron chi connectivity index (χ1n) is 5.90. The molecular formula is C10H22ClN2O4P. The molecule has 1 amide bonds. The van der Waals surface area contributed by atoms with Gasteiger partial charge in [0.05, 0.1) is 6.04 Å². The van der Waals surface area contributed by atoms with Crippen LogP contribution in [-0.2, 0) is 9.36 Å². The minimum Gasteiger partial charge on any atom is -0.327 e. The fraction of sp³-hybridized carbons (Fsp3) is 0.900. The Morgan fingerprint density at radius 3 is 2.56 bits per heavy atom. The van der Waals surface area contributed by atoms with Gasteiger partial charge in [0.1, 0.15) is 5.78 Å². The first kappa shape index (κ1) is 17.9.